The second-order valence-electron chi connectivity index (χ2n) is 6.08. The third-order valence-electron chi connectivity index (χ3n) is 4.18. The summed E-state index contributed by atoms with van der Waals surface area (Å²) in [5, 5.41) is 1.88. The number of rotatable bonds is 4. The number of para-hydroxylation sites is 1. The quantitative estimate of drug-likeness (QED) is 0.334. The van der Waals surface area contributed by atoms with Gasteiger partial charge >= 0.3 is 0 Å². The second kappa shape index (κ2) is 8.10. The molecule has 3 nitrogen and oxygen atoms in total. The van der Waals surface area contributed by atoms with E-state index in [1.165, 1.54) is 11.3 Å². The van der Waals surface area contributed by atoms with Crippen LogP contribution >= 0.6 is 46.1 Å². The number of halogens is 3. The first kappa shape index (κ1) is 19.2. The van der Waals surface area contributed by atoms with Crippen LogP contribution in [-0.2, 0) is 6.54 Å². The number of anilines is 1. The van der Waals surface area contributed by atoms with Crippen molar-refractivity contribution < 1.29 is 4.79 Å². The molecule has 1 aromatic heterocycles. The fraction of sp³-hybridized carbons (Fsp3) is 0.0476. The van der Waals surface area contributed by atoms with Crippen LogP contribution in [0, 0.1) is 0 Å². The number of fused-ring (bicyclic) bond motifs is 1. The normalized spacial score (nSPS) is 11.0. The Morgan fingerprint density at radius 3 is 2.46 bits per heavy atom. The SMILES string of the molecule is O=C(c1cc(Cl)ccc1Cl)N(Cc1ccccc1)c1nc2c(Cl)cccc2s1. The molecule has 0 aliphatic heterocycles. The highest BCUT2D eigenvalue weighted by molar-refractivity contribution is 7.22. The van der Waals surface area contributed by atoms with Crippen molar-refractivity contribution >= 4 is 67.4 Å². The predicted octanol–water partition coefficient (Wildman–Crippen LogP) is 7.10. The van der Waals surface area contributed by atoms with E-state index in [4.69, 9.17) is 34.8 Å². The molecule has 4 aromatic rings. The molecule has 7 heteroatoms. The van der Waals surface area contributed by atoms with Gasteiger partial charge in [-0.2, -0.15) is 0 Å². The highest BCUT2D eigenvalue weighted by Gasteiger charge is 2.24. The van der Waals surface area contributed by atoms with E-state index in [1.807, 2.05) is 42.5 Å². The fourth-order valence-electron chi connectivity index (χ4n) is 2.82. The minimum atomic E-state index is -0.272. The number of hydrogen-bond acceptors (Lipinski definition) is 3. The highest BCUT2D eigenvalue weighted by atomic mass is 35.5. The van der Waals surface area contributed by atoms with E-state index in [9.17, 15) is 4.79 Å². The number of nitrogens with zero attached hydrogens (tertiary/aromatic N) is 2. The molecule has 0 bridgehead atoms. The average molecular weight is 448 g/mol. The summed E-state index contributed by atoms with van der Waals surface area (Å²) >= 11 is 20.1. The van der Waals surface area contributed by atoms with Crippen LogP contribution in [0.3, 0.4) is 0 Å². The molecule has 0 unspecified atom stereocenters. The first-order valence-electron chi connectivity index (χ1n) is 8.39. The van der Waals surface area contributed by atoms with Crippen LogP contribution in [0.15, 0.2) is 66.7 Å². The molecule has 0 spiro atoms. The molecule has 3 aromatic carbocycles. The summed E-state index contributed by atoms with van der Waals surface area (Å²) in [6.45, 7) is 0.347. The predicted molar refractivity (Wildman–Crippen MR) is 118 cm³/mol. The Morgan fingerprint density at radius 2 is 1.71 bits per heavy atom. The number of hydrogen-bond donors (Lipinski definition) is 0. The fourth-order valence-corrected chi connectivity index (χ4v) is 4.45. The lowest BCUT2D eigenvalue weighted by Gasteiger charge is -2.21. The summed E-state index contributed by atoms with van der Waals surface area (Å²) in [5.74, 6) is -0.272. The van der Waals surface area contributed by atoms with Gasteiger partial charge in [-0.1, -0.05) is 82.5 Å². The van der Waals surface area contributed by atoms with Crippen LogP contribution in [0.2, 0.25) is 15.1 Å². The van der Waals surface area contributed by atoms with Gasteiger partial charge in [0.05, 0.1) is 26.9 Å². The van der Waals surface area contributed by atoms with Crippen molar-refractivity contribution in [3.05, 3.63) is 92.9 Å². The van der Waals surface area contributed by atoms with Gasteiger partial charge in [0.1, 0.15) is 5.52 Å². The molecule has 0 saturated heterocycles. The first-order valence-corrected chi connectivity index (χ1v) is 10.3. The lowest BCUT2D eigenvalue weighted by molar-refractivity contribution is 0.0985. The molecule has 0 aliphatic rings. The van der Waals surface area contributed by atoms with Crippen molar-refractivity contribution in [2.75, 3.05) is 4.90 Å². The zero-order valence-corrected chi connectivity index (χ0v) is 17.5. The molecule has 0 radical (unpaired) electrons. The van der Waals surface area contributed by atoms with Gasteiger partial charge in [-0.05, 0) is 35.9 Å². The summed E-state index contributed by atoms with van der Waals surface area (Å²) in [5.41, 5.74) is 1.97. The topological polar surface area (TPSA) is 33.2 Å². The molecule has 1 amide bonds. The van der Waals surface area contributed by atoms with E-state index in [-0.39, 0.29) is 5.91 Å². The first-order chi connectivity index (χ1) is 13.5. The van der Waals surface area contributed by atoms with Crippen molar-refractivity contribution in [1.29, 1.82) is 0 Å². The Morgan fingerprint density at radius 1 is 0.929 bits per heavy atom. The molecule has 0 N–H and O–H groups in total. The minimum Gasteiger partial charge on any atom is -0.279 e. The molecule has 28 heavy (non-hydrogen) atoms. The van der Waals surface area contributed by atoms with Crippen molar-refractivity contribution in [2.24, 2.45) is 0 Å². The van der Waals surface area contributed by atoms with Crippen LogP contribution in [0.25, 0.3) is 10.2 Å². The molecule has 0 atom stereocenters. The Bertz CT molecular complexity index is 1160. The lowest BCUT2D eigenvalue weighted by Crippen LogP contribution is -2.30. The van der Waals surface area contributed by atoms with E-state index in [0.29, 0.717) is 37.8 Å². The second-order valence-corrected chi connectivity index (χ2v) is 8.34. The van der Waals surface area contributed by atoms with Gasteiger partial charge in [-0.3, -0.25) is 9.69 Å². The number of aromatic nitrogens is 1. The van der Waals surface area contributed by atoms with Gasteiger partial charge in [-0.15, -0.1) is 0 Å². The summed E-state index contributed by atoms with van der Waals surface area (Å²) in [6, 6.07) is 20.1. The molecule has 4 rings (SSSR count). The smallest absolute Gasteiger partial charge is 0.261 e. The molecular formula is C21H13Cl3N2OS. The van der Waals surface area contributed by atoms with Crippen LogP contribution in [0.1, 0.15) is 15.9 Å². The van der Waals surface area contributed by atoms with E-state index in [0.717, 1.165) is 10.3 Å². The van der Waals surface area contributed by atoms with E-state index in [1.54, 1.807) is 29.2 Å². The van der Waals surface area contributed by atoms with Crippen molar-refractivity contribution in [1.82, 2.24) is 4.98 Å². The number of carbonyl (C=O) groups excluding carboxylic acids is 1. The van der Waals surface area contributed by atoms with Crippen LogP contribution in [0.5, 0.6) is 0 Å². The monoisotopic (exact) mass is 446 g/mol. The van der Waals surface area contributed by atoms with Crippen molar-refractivity contribution in [3.63, 3.8) is 0 Å². The largest absolute Gasteiger partial charge is 0.279 e. The third kappa shape index (κ3) is 3.87. The third-order valence-corrected chi connectivity index (χ3v) is 6.09. The zero-order chi connectivity index (χ0) is 19.7. The van der Waals surface area contributed by atoms with Gasteiger partial charge in [0.2, 0.25) is 0 Å². The average Bonchev–Trinajstić information content (AvgIpc) is 3.14. The number of amides is 1. The van der Waals surface area contributed by atoms with E-state index < -0.39 is 0 Å². The maximum atomic E-state index is 13.4. The van der Waals surface area contributed by atoms with E-state index >= 15 is 0 Å². The zero-order valence-electron chi connectivity index (χ0n) is 14.4. The Balaban J connectivity index is 1.82. The number of carbonyl (C=O) groups is 1. The van der Waals surface area contributed by atoms with Gasteiger partial charge in [-0.25, -0.2) is 4.98 Å². The number of thiazole rings is 1. The van der Waals surface area contributed by atoms with E-state index in [2.05, 4.69) is 4.98 Å². The van der Waals surface area contributed by atoms with Crippen molar-refractivity contribution in [3.8, 4) is 0 Å². The summed E-state index contributed by atoms with van der Waals surface area (Å²) < 4.78 is 0.908. The Labute approximate surface area is 181 Å². The van der Waals surface area contributed by atoms with Crippen LogP contribution in [0.4, 0.5) is 5.13 Å². The van der Waals surface area contributed by atoms with Gasteiger partial charge in [0, 0.05) is 5.02 Å². The minimum absolute atomic E-state index is 0.272. The van der Waals surface area contributed by atoms with Crippen LogP contribution < -0.4 is 4.90 Å². The molecule has 140 valence electrons. The molecular weight excluding hydrogens is 435 g/mol. The summed E-state index contributed by atoms with van der Waals surface area (Å²) in [4.78, 5) is 19.6. The van der Waals surface area contributed by atoms with Crippen LogP contribution in [-0.4, -0.2) is 10.9 Å². The standard InChI is InChI=1S/C21H13Cl3N2OS/c22-14-9-10-16(23)15(11-14)20(27)26(12-13-5-2-1-3-6-13)21-25-19-17(24)7-4-8-18(19)28-21/h1-11H,12H2. The molecule has 0 saturated carbocycles. The molecule has 0 aliphatic carbocycles. The van der Waals surface area contributed by atoms with Crippen molar-refractivity contribution in [2.45, 2.75) is 6.54 Å². The highest BCUT2D eigenvalue weighted by Crippen LogP contribution is 2.35. The Hall–Kier alpha value is -2.11. The maximum Gasteiger partial charge on any atom is 0.261 e. The maximum absolute atomic E-state index is 13.4. The van der Waals surface area contributed by atoms with Gasteiger partial charge in [0.25, 0.3) is 5.91 Å². The Kier molecular flexibility index (Phi) is 5.56. The summed E-state index contributed by atoms with van der Waals surface area (Å²) in [6.07, 6.45) is 0. The lowest BCUT2D eigenvalue weighted by atomic mass is 10.1. The molecule has 1 heterocycles. The molecule has 0 fully saturated rings. The van der Waals surface area contributed by atoms with Gasteiger partial charge < -0.3 is 0 Å². The van der Waals surface area contributed by atoms with Gasteiger partial charge in [0.15, 0.2) is 5.13 Å². The number of benzene rings is 3. The summed E-state index contributed by atoms with van der Waals surface area (Å²) in [7, 11) is 0.